The maximum Gasteiger partial charge on any atom is 0.0251 e. The lowest BCUT2D eigenvalue weighted by atomic mass is 9.85. The fourth-order valence-corrected chi connectivity index (χ4v) is 4.10. The van der Waals surface area contributed by atoms with Crippen LogP contribution in [0.5, 0.6) is 0 Å². The van der Waals surface area contributed by atoms with Crippen molar-refractivity contribution in [1.82, 2.24) is 4.90 Å². The molecule has 0 bridgehead atoms. The van der Waals surface area contributed by atoms with E-state index in [-0.39, 0.29) is 0 Å². The molecule has 2 heteroatoms. The monoisotopic (exact) mass is 263 g/mol. The minimum Gasteiger partial charge on any atom is -0.299 e. The van der Waals surface area contributed by atoms with E-state index in [9.17, 15) is 0 Å². The van der Waals surface area contributed by atoms with Gasteiger partial charge in [0.1, 0.15) is 0 Å². The summed E-state index contributed by atoms with van der Waals surface area (Å²) in [6.07, 6.45) is 5.49. The first-order chi connectivity index (χ1) is 8.80. The fraction of sp³-hybridized carbons (Fsp3) is 0.625. The summed E-state index contributed by atoms with van der Waals surface area (Å²) in [6.45, 7) is 3.67. The quantitative estimate of drug-likeness (QED) is 0.748. The van der Waals surface area contributed by atoms with Crippen molar-refractivity contribution in [2.75, 3.05) is 19.0 Å². The molecular weight excluding hydrogens is 242 g/mol. The third kappa shape index (κ3) is 2.57. The average Bonchev–Trinajstić information content (AvgIpc) is 2.99. The van der Waals surface area contributed by atoms with Crippen molar-refractivity contribution in [2.45, 2.75) is 32.2 Å². The SMILES string of the molecule is ClCC1CCC2(CCN(Cc3ccccc3)C2)C1. The highest BCUT2D eigenvalue weighted by atomic mass is 35.5. The highest BCUT2D eigenvalue weighted by Gasteiger charge is 2.43. The lowest BCUT2D eigenvalue weighted by Gasteiger charge is -2.24. The molecule has 1 nitrogen and oxygen atoms in total. The Hall–Kier alpha value is -0.530. The molecule has 0 radical (unpaired) electrons. The molecule has 0 aromatic heterocycles. The number of likely N-dealkylation sites (tertiary alicyclic amines) is 1. The van der Waals surface area contributed by atoms with E-state index >= 15 is 0 Å². The summed E-state index contributed by atoms with van der Waals surface area (Å²) in [4.78, 5) is 2.63. The Bertz CT molecular complexity index is 391. The molecule has 98 valence electrons. The molecule has 1 aromatic rings. The zero-order valence-corrected chi connectivity index (χ0v) is 11.7. The van der Waals surface area contributed by atoms with Crippen molar-refractivity contribution in [3.05, 3.63) is 35.9 Å². The standard InChI is InChI=1S/C16H22ClN/c17-11-15-6-7-16(10-15)8-9-18(13-16)12-14-4-2-1-3-5-14/h1-5,15H,6-13H2. The molecule has 2 atom stereocenters. The van der Waals surface area contributed by atoms with Gasteiger partial charge in [-0.2, -0.15) is 0 Å². The minimum atomic E-state index is 0.605. The average molecular weight is 264 g/mol. The Morgan fingerprint density at radius 2 is 2.06 bits per heavy atom. The van der Waals surface area contributed by atoms with Gasteiger partial charge < -0.3 is 0 Å². The minimum absolute atomic E-state index is 0.605. The molecule has 1 saturated carbocycles. The topological polar surface area (TPSA) is 3.24 Å². The molecule has 1 aliphatic heterocycles. The number of benzene rings is 1. The van der Waals surface area contributed by atoms with Gasteiger partial charge in [0.25, 0.3) is 0 Å². The summed E-state index contributed by atoms with van der Waals surface area (Å²) in [5, 5.41) is 0. The number of hydrogen-bond acceptors (Lipinski definition) is 1. The summed E-state index contributed by atoms with van der Waals surface area (Å²) in [5.41, 5.74) is 2.05. The van der Waals surface area contributed by atoms with Crippen LogP contribution in [0.4, 0.5) is 0 Å². The lowest BCUT2D eigenvalue weighted by molar-refractivity contribution is 0.251. The van der Waals surface area contributed by atoms with Crippen LogP contribution in [0.25, 0.3) is 0 Å². The van der Waals surface area contributed by atoms with Gasteiger partial charge in [-0.15, -0.1) is 11.6 Å². The van der Waals surface area contributed by atoms with E-state index in [1.54, 1.807) is 0 Å². The van der Waals surface area contributed by atoms with Crippen LogP contribution in [-0.4, -0.2) is 23.9 Å². The molecular formula is C16H22ClN. The molecule has 2 fully saturated rings. The second-order valence-electron chi connectivity index (χ2n) is 6.21. The molecule has 1 saturated heterocycles. The van der Waals surface area contributed by atoms with Gasteiger partial charge >= 0.3 is 0 Å². The second-order valence-corrected chi connectivity index (χ2v) is 6.52. The molecule has 1 aromatic carbocycles. The zero-order chi connectivity index (χ0) is 12.4. The van der Waals surface area contributed by atoms with Gasteiger partial charge in [-0.25, -0.2) is 0 Å². The lowest BCUT2D eigenvalue weighted by Crippen LogP contribution is -2.25. The van der Waals surface area contributed by atoms with Gasteiger partial charge in [0.2, 0.25) is 0 Å². The largest absolute Gasteiger partial charge is 0.299 e. The Morgan fingerprint density at radius 1 is 1.22 bits per heavy atom. The molecule has 0 amide bonds. The number of nitrogens with zero attached hydrogens (tertiary/aromatic N) is 1. The van der Waals surface area contributed by atoms with Gasteiger partial charge in [0.05, 0.1) is 0 Å². The number of alkyl halides is 1. The summed E-state index contributed by atoms with van der Waals surface area (Å²) >= 11 is 6.02. The predicted molar refractivity (Wildman–Crippen MR) is 76.8 cm³/mol. The van der Waals surface area contributed by atoms with Crippen LogP contribution in [0.1, 0.15) is 31.2 Å². The van der Waals surface area contributed by atoms with E-state index < -0.39 is 0 Å². The van der Waals surface area contributed by atoms with Gasteiger partial charge in [-0.3, -0.25) is 4.90 Å². The van der Waals surface area contributed by atoms with E-state index in [2.05, 4.69) is 35.2 Å². The molecule has 18 heavy (non-hydrogen) atoms. The molecule has 0 N–H and O–H groups in total. The Morgan fingerprint density at radius 3 is 2.78 bits per heavy atom. The Labute approximate surface area is 115 Å². The van der Waals surface area contributed by atoms with E-state index in [1.165, 1.54) is 44.3 Å². The van der Waals surface area contributed by atoms with Crippen LogP contribution in [0.2, 0.25) is 0 Å². The van der Waals surface area contributed by atoms with Crippen LogP contribution in [0, 0.1) is 11.3 Å². The summed E-state index contributed by atoms with van der Waals surface area (Å²) < 4.78 is 0. The third-order valence-corrected chi connectivity index (χ3v) is 5.23. The first-order valence-corrected chi connectivity index (χ1v) is 7.65. The molecule has 1 heterocycles. The first kappa shape index (κ1) is 12.5. The van der Waals surface area contributed by atoms with Crippen LogP contribution >= 0.6 is 11.6 Å². The van der Waals surface area contributed by atoms with E-state index in [4.69, 9.17) is 11.6 Å². The zero-order valence-electron chi connectivity index (χ0n) is 10.9. The highest BCUT2D eigenvalue weighted by molar-refractivity contribution is 6.18. The van der Waals surface area contributed by atoms with Crippen LogP contribution < -0.4 is 0 Å². The van der Waals surface area contributed by atoms with Crippen LogP contribution in [0.3, 0.4) is 0 Å². The van der Waals surface area contributed by atoms with Crippen molar-refractivity contribution in [3.63, 3.8) is 0 Å². The van der Waals surface area contributed by atoms with Gasteiger partial charge in [-0.1, -0.05) is 30.3 Å². The van der Waals surface area contributed by atoms with E-state index in [1.807, 2.05) is 0 Å². The maximum absolute atomic E-state index is 6.02. The van der Waals surface area contributed by atoms with Gasteiger partial charge in [0.15, 0.2) is 0 Å². The Balaban J connectivity index is 1.59. The van der Waals surface area contributed by atoms with E-state index in [0.717, 1.165) is 18.3 Å². The van der Waals surface area contributed by atoms with Gasteiger partial charge in [0, 0.05) is 19.0 Å². The third-order valence-electron chi connectivity index (χ3n) is 4.79. The predicted octanol–water partition coefficient (Wildman–Crippen LogP) is 3.92. The molecule has 1 aliphatic carbocycles. The maximum atomic E-state index is 6.02. The van der Waals surface area contributed by atoms with E-state index in [0.29, 0.717) is 5.41 Å². The second kappa shape index (κ2) is 5.22. The van der Waals surface area contributed by atoms with Crippen LogP contribution in [0.15, 0.2) is 30.3 Å². The molecule has 3 rings (SSSR count). The smallest absolute Gasteiger partial charge is 0.0251 e. The summed E-state index contributed by atoms with van der Waals surface area (Å²) in [6, 6.07) is 10.8. The highest BCUT2D eigenvalue weighted by Crippen LogP contribution is 2.48. The molecule has 2 aliphatic rings. The Kier molecular flexibility index (Phi) is 3.63. The fourth-order valence-electron chi connectivity index (χ4n) is 3.83. The summed E-state index contributed by atoms with van der Waals surface area (Å²) in [7, 11) is 0. The first-order valence-electron chi connectivity index (χ1n) is 7.12. The normalized spacial score (nSPS) is 32.4. The van der Waals surface area contributed by atoms with Crippen molar-refractivity contribution in [3.8, 4) is 0 Å². The van der Waals surface area contributed by atoms with Crippen molar-refractivity contribution >= 4 is 11.6 Å². The number of rotatable bonds is 3. The molecule has 1 spiro atoms. The number of hydrogen-bond donors (Lipinski definition) is 0. The van der Waals surface area contributed by atoms with Crippen LogP contribution in [-0.2, 0) is 6.54 Å². The summed E-state index contributed by atoms with van der Waals surface area (Å²) in [5.74, 6) is 1.64. The molecule has 2 unspecified atom stereocenters. The van der Waals surface area contributed by atoms with Crippen molar-refractivity contribution in [1.29, 1.82) is 0 Å². The van der Waals surface area contributed by atoms with Crippen molar-refractivity contribution in [2.24, 2.45) is 11.3 Å². The number of halogens is 1. The van der Waals surface area contributed by atoms with Crippen molar-refractivity contribution < 1.29 is 0 Å². The van der Waals surface area contributed by atoms with Gasteiger partial charge in [-0.05, 0) is 49.1 Å².